The van der Waals surface area contributed by atoms with Gasteiger partial charge in [0.2, 0.25) is 15.9 Å². The Morgan fingerprint density at radius 2 is 1.61 bits per heavy atom. The summed E-state index contributed by atoms with van der Waals surface area (Å²) in [6.07, 6.45) is 5.88. The number of aryl methyl sites for hydroxylation is 2. The number of amides is 1. The molecular formula is C24H35N5O3S. The largest absolute Gasteiger partial charge is 0.326 e. The molecule has 9 heteroatoms. The average molecular weight is 474 g/mol. The summed E-state index contributed by atoms with van der Waals surface area (Å²) in [5.41, 5.74) is 3.11. The minimum Gasteiger partial charge on any atom is -0.326 e. The lowest BCUT2D eigenvalue weighted by molar-refractivity contribution is -0.116. The van der Waals surface area contributed by atoms with E-state index in [4.69, 9.17) is 0 Å². The van der Waals surface area contributed by atoms with E-state index in [0.717, 1.165) is 38.2 Å². The predicted octanol–water partition coefficient (Wildman–Crippen LogP) is 3.30. The SMILES string of the molecule is Cc1nn(CCC(=O)Nc2ccc(CN3CCCCC3)cc2)c(C)c1S(=O)(=O)N1CCCC1. The first-order chi connectivity index (χ1) is 15.8. The fourth-order valence-corrected chi connectivity index (χ4v) is 6.72. The van der Waals surface area contributed by atoms with E-state index in [9.17, 15) is 13.2 Å². The van der Waals surface area contributed by atoms with Crippen LogP contribution in [0, 0.1) is 13.8 Å². The Bertz CT molecular complexity index is 1070. The van der Waals surface area contributed by atoms with Crippen LogP contribution in [0.1, 0.15) is 55.5 Å². The summed E-state index contributed by atoms with van der Waals surface area (Å²) < 4.78 is 29.2. The van der Waals surface area contributed by atoms with Crippen LogP contribution < -0.4 is 5.32 Å². The zero-order chi connectivity index (χ0) is 23.4. The maximum Gasteiger partial charge on any atom is 0.246 e. The lowest BCUT2D eigenvalue weighted by Gasteiger charge is -2.26. The first kappa shape index (κ1) is 23.9. The van der Waals surface area contributed by atoms with Crippen LogP contribution in [-0.2, 0) is 27.9 Å². The van der Waals surface area contributed by atoms with Crippen LogP contribution in [0.3, 0.4) is 0 Å². The van der Waals surface area contributed by atoms with E-state index < -0.39 is 10.0 Å². The molecule has 1 aromatic carbocycles. The minimum absolute atomic E-state index is 0.115. The Morgan fingerprint density at radius 3 is 2.27 bits per heavy atom. The van der Waals surface area contributed by atoms with Crippen molar-refractivity contribution in [1.29, 1.82) is 0 Å². The number of hydrogen-bond acceptors (Lipinski definition) is 5. The van der Waals surface area contributed by atoms with Gasteiger partial charge >= 0.3 is 0 Å². The standard InChI is InChI=1S/C24H35N5O3S/c1-19-24(33(31,32)28-15-6-7-16-28)20(2)29(26-19)17-12-23(30)25-22-10-8-21(9-11-22)18-27-13-4-3-5-14-27/h8-11H,3-7,12-18H2,1-2H3,(H,25,30). The fraction of sp³-hybridized carbons (Fsp3) is 0.583. The van der Waals surface area contributed by atoms with Gasteiger partial charge in [0.05, 0.1) is 17.9 Å². The Labute approximate surface area is 197 Å². The van der Waals surface area contributed by atoms with Crippen molar-refractivity contribution in [3.63, 3.8) is 0 Å². The molecule has 180 valence electrons. The van der Waals surface area contributed by atoms with Gasteiger partial charge in [0.15, 0.2) is 0 Å². The van der Waals surface area contributed by atoms with Gasteiger partial charge in [-0.2, -0.15) is 9.40 Å². The molecule has 0 unspecified atom stereocenters. The third kappa shape index (κ3) is 5.65. The third-order valence-electron chi connectivity index (χ3n) is 6.62. The van der Waals surface area contributed by atoms with Gasteiger partial charge in [-0.05, 0) is 70.3 Å². The van der Waals surface area contributed by atoms with Crippen molar-refractivity contribution < 1.29 is 13.2 Å². The summed E-state index contributed by atoms with van der Waals surface area (Å²) in [6.45, 7) is 8.21. The second kappa shape index (κ2) is 10.4. The van der Waals surface area contributed by atoms with E-state index in [2.05, 4.69) is 27.4 Å². The highest BCUT2D eigenvalue weighted by atomic mass is 32.2. The molecule has 3 heterocycles. The number of carbonyl (C=O) groups excluding carboxylic acids is 1. The molecule has 2 aliphatic rings. The molecule has 0 spiro atoms. The molecule has 2 fully saturated rings. The number of piperidine rings is 1. The Hall–Kier alpha value is -2.23. The maximum absolute atomic E-state index is 13.0. The number of carbonyl (C=O) groups is 1. The van der Waals surface area contributed by atoms with E-state index in [1.54, 1.807) is 18.5 Å². The number of sulfonamides is 1. The number of benzene rings is 1. The van der Waals surface area contributed by atoms with Gasteiger partial charge in [-0.25, -0.2) is 8.42 Å². The maximum atomic E-state index is 13.0. The van der Waals surface area contributed by atoms with Crippen molar-refractivity contribution in [2.75, 3.05) is 31.5 Å². The van der Waals surface area contributed by atoms with Gasteiger partial charge in [-0.15, -0.1) is 0 Å². The Balaban J connectivity index is 1.32. The molecule has 1 aromatic heterocycles. The van der Waals surface area contributed by atoms with Crippen molar-refractivity contribution in [2.24, 2.45) is 0 Å². The molecule has 1 N–H and O–H groups in total. The molecular weight excluding hydrogens is 438 g/mol. The van der Waals surface area contributed by atoms with E-state index in [0.29, 0.717) is 31.0 Å². The van der Waals surface area contributed by atoms with Crippen molar-refractivity contribution >= 4 is 21.6 Å². The van der Waals surface area contributed by atoms with Crippen LogP contribution in [-0.4, -0.2) is 59.5 Å². The number of anilines is 1. The number of nitrogens with one attached hydrogen (secondary N) is 1. The van der Waals surface area contributed by atoms with E-state index in [-0.39, 0.29) is 17.2 Å². The highest BCUT2D eigenvalue weighted by molar-refractivity contribution is 7.89. The summed E-state index contributed by atoms with van der Waals surface area (Å²) in [5.74, 6) is -0.115. The van der Waals surface area contributed by atoms with Crippen LogP contribution in [0.4, 0.5) is 5.69 Å². The summed E-state index contributed by atoms with van der Waals surface area (Å²) in [7, 11) is -3.54. The summed E-state index contributed by atoms with van der Waals surface area (Å²) >= 11 is 0. The molecule has 2 aromatic rings. The zero-order valence-electron chi connectivity index (χ0n) is 19.7. The number of nitrogens with zero attached hydrogens (tertiary/aromatic N) is 4. The van der Waals surface area contributed by atoms with Gasteiger partial charge < -0.3 is 5.32 Å². The third-order valence-corrected chi connectivity index (χ3v) is 8.77. The average Bonchev–Trinajstić information content (AvgIpc) is 3.43. The van der Waals surface area contributed by atoms with E-state index in [1.165, 1.54) is 29.1 Å². The second-order valence-electron chi connectivity index (χ2n) is 9.17. The lowest BCUT2D eigenvalue weighted by atomic mass is 10.1. The lowest BCUT2D eigenvalue weighted by Crippen LogP contribution is -2.29. The van der Waals surface area contributed by atoms with Crippen LogP contribution in [0.2, 0.25) is 0 Å². The summed E-state index contributed by atoms with van der Waals surface area (Å²) in [5, 5.41) is 7.36. The van der Waals surface area contributed by atoms with Crippen molar-refractivity contribution in [3.05, 3.63) is 41.2 Å². The van der Waals surface area contributed by atoms with Gasteiger partial charge in [0.25, 0.3) is 0 Å². The normalized spacial score (nSPS) is 18.0. The first-order valence-electron chi connectivity index (χ1n) is 12.0. The number of aromatic nitrogens is 2. The monoisotopic (exact) mass is 473 g/mol. The molecule has 1 amide bonds. The second-order valence-corrected chi connectivity index (χ2v) is 11.0. The molecule has 0 aliphatic carbocycles. The molecule has 0 radical (unpaired) electrons. The quantitative estimate of drug-likeness (QED) is 0.636. The van der Waals surface area contributed by atoms with Crippen LogP contribution in [0.5, 0.6) is 0 Å². The van der Waals surface area contributed by atoms with Gasteiger partial charge in [-0.3, -0.25) is 14.4 Å². The highest BCUT2D eigenvalue weighted by Crippen LogP contribution is 2.26. The smallest absolute Gasteiger partial charge is 0.246 e. The van der Waals surface area contributed by atoms with Crippen molar-refractivity contribution in [2.45, 2.75) is 70.4 Å². The molecule has 4 rings (SSSR count). The number of hydrogen-bond donors (Lipinski definition) is 1. The van der Waals surface area contributed by atoms with Gasteiger partial charge in [0, 0.05) is 31.7 Å². The summed E-state index contributed by atoms with van der Waals surface area (Å²) in [4.78, 5) is 15.3. The molecule has 0 bridgehead atoms. The van der Waals surface area contributed by atoms with Crippen LogP contribution in [0.15, 0.2) is 29.2 Å². The Kier molecular flexibility index (Phi) is 7.51. The summed E-state index contributed by atoms with van der Waals surface area (Å²) in [6, 6.07) is 8.03. The molecule has 2 saturated heterocycles. The molecule has 0 atom stereocenters. The highest BCUT2D eigenvalue weighted by Gasteiger charge is 2.32. The number of rotatable bonds is 8. The molecule has 2 aliphatic heterocycles. The van der Waals surface area contributed by atoms with Crippen LogP contribution >= 0.6 is 0 Å². The first-order valence-corrected chi connectivity index (χ1v) is 13.4. The van der Waals surface area contributed by atoms with E-state index >= 15 is 0 Å². The minimum atomic E-state index is -3.54. The fourth-order valence-electron chi connectivity index (χ4n) is 4.83. The molecule has 33 heavy (non-hydrogen) atoms. The zero-order valence-corrected chi connectivity index (χ0v) is 20.5. The Morgan fingerprint density at radius 1 is 0.970 bits per heavy atom. The molecule has 0 saturated carbocycles. The van der Waals surface area contributed by atoms with E-state index in [1.807, 2.05) is 12.1 Å². The predicted molar refractivity (Wildman–Crippen MR) is 129 cm³/mol. The topological polar surface area (TPSA) is 87.5 Å². The van der Waals surface area contributed by atoms with Gasteiger partial charge in [-0.1, -0.05) is 18.6 Å². The molecule has 8 nitrogen and oxygen atoms in total. The van der Waals surface area contributed by atoms with Gasteiger partial charge in [0.1, 0.15) is 4.90 Å². The number of likely N-dealkylation sites (tertiary alicyclic amines) is 1. The van der Waals surface area contributed by atoms with Crippen molar-refractivity contribution in [3.8, 4) is 0 Å². The van der Waals surface area contributed by atoms with Crippen LogP contribution in [0.25, 0.3) is 0 Å². The van der Waals surface area contributed by atoms with Crippen molar-refractivity contribution in [1.82, 2.24) is 19.0 Å².